The van der Waals surface area contributed by atoms with E-state index >= 15 is 0 Å². The summed E-state index contributed by atoms with van der Waals surface area (Å²) in [5.41, 5.74) is 3.66. The maximum absolute atomic E-state index is 5.71. The molecule has 1 aliphatic heterocycles. The van der Waals surface area contributed by atoms with Crippen LogP contribution in [0.25, 0.3) is 0 Å². The van der Waals surface area contributed by atoms with E-state index in [1.54, 1.807) is 0 Å². The topological polar surface area (TPSA) is 18.5 Å². The smallest absolute Gasteiger partial charge is 0.173 e. The zero-order chi connectivity index (χ0) is 18.7. The molecule has 1 aromatic carbocycles. The lowest BCUT2D eigenvalue weighted by Crippen LogP contribution is -2.51. The SMILES string of the molecule is Cc1ccc(C)c(NC(=S)N2CCC(N(C)[C@@H]3CCCC[C@@H]3C)CC2)c1. The normalized spacial score (nSPS) is 24.7. The van der Waals surface area contributed by atoms with Crippen LogP contribution in [0.15, 0.2) is 18.2 Å². The number of anilines is 1. The summed E-state index contributed by atoms with van der Waals surface area (Å²) in [6.07, 6.45) is 8.04. The Bertz CT molecular complexity index is 622. The number of rotatable bonds is 3. The van der Waals surface area contributed by atoms with E-state index in [9.17, 15) is 0 Å². The second-order valence-corrected chi connectivity index (χ2v) is 8.85. The van der Waals surface area contributed by atoms with Gasteiger partial charge < -0.3 is 15.1 Å². The number of nitrogens with zero attached hydrogens (tertiary/aromatic N) is 2. The third-order valence-corrected chi connectivity index (χ3v) is 6.91. The summed E-state index contributed by atoms with van der Waals surface area (Å²) in [4.78, 5) is 5.05. The fourth-order valence-electron chi connectivity index (χ4n) is 4.71. The average Bonchev–Trinajstić information content (AvgIpc) is 2.64. The number of thiocarbonyl (C=S) groups is 1. The van der Waals surface area contributed by atoms with Crippen LogP contribution in [0.1, 0.15) is 56.6 Å². The van der Waals surface area contributed by atoms with E-state index in [-0.39, 0.29) is 0 Å². The standard InChI is InChI=1S/C22H35N3S/c1-16-9-10-17(2)20(15-16)23-22(26)25-13-11-19(12-14-25)24(4)21-8-6-5-7-18(21)3/h9-10,15,18-19,21H,5-8,11-14H2,1-4H3,(H,23,26)/t18-,21+/m0/s1. The minimum atomic E-state index is 0.709. The van der Waals surface area contributed by atoms with E-state index in [0.717, 1.165) is 35.8 Å². The Morgan fingerprint density at radius 1 is 1.12 bits per heavy atom. The van der Waals surface area contributed by atoms with Gasteiger partial charge in [0.1, 0.15) is 0 Å². The second kappa shape index (κ2) is 8.71. The molecule has 4 heteroatoms. The molecule has 0 spiro atoms. The Morgan fingerprint density at radius 3 is 2.50 bits per heavy atom. The number of hydrogen-bond donors (Lipinski definition) is 1. The van der Waals surface area contributed by atoms with Crippen molar-refractivity contribution in [3.8, 4) is 0 Å². The van der Waals surface area contributed by atoms with Crippen molar-refractivity contribution in [2.45, 2.75) is 71.4 Å². The third kappa shape index (κ3) is 4.58. The van der Waals surface area contributed by atoms with E-state index < -0.39 is 0 Å². The molecule has 0 aromatic heterocycles. The Balaban J connectivity index is 1.53. The molecule has 1 saturated heterocycles. The molecule has 1 heterocycles. The molecule has 1 aliphatic carbocycles. The molecule has 1 aromatic rings. The Morgan fingerprint density at radius 2 is 1.81 bits per heavy atom. The lowest BCUT2D eigenvalue weighted by molar-refractivity contribution is 0.0691. The van der Waals surface area contributed by atoms with Crippen LogP contribution in [0.2, 0.25) is 0 Å². The molecule has 0 amide bonds. The van der Waals surface area contributed by atoms with Gasteiger partial charge in [-0.05, 0) is 81.9 Å². The highest BCUT2D eigenvalue weighted by Crippen LogP contribution is 2.30. The largest absolute Gasteiger partial charge is 0.349 e. The van der Waals surface area contributed by atoms with E-state index in [1.165, 1.54) is 49.7 Å². The molecule has 3 rings (SSSR count). The van der Waals surface area contributed by atoms with Gasteiger partial charge in [0.05, 0.1) is 0 Å². The van der Waals surface area contributed by atoms with E-state index in [1.807, 2.05) is 0 Å². The van der Waals surface area contributed by atoms with Crippen LogP contribution < -0.4 is 5.32 Å². The van der Waals surface area contributed by atoms with Gasteiger partial charge in [-0.2, -0.15) is 0 Å². The van der Waals surface area contributed by atoms with Crippen LogP contribution in [0.4, 0.5) is 5.69 Å². The third-order valence-electron chi connectivity index (χ3n) is 6.55. The Kier molecular flexibility index (Phi) is 6.57. The summed E-state index contributed by atoms with van der Waals surface area (Å²) in [6.45, 7) is 8.83. The number of benzene rings is 1. The first-order valence-electron chi connectivity index (χ1n) is 10.3. The minimum Gasteiger partial charge on any atom is -0.349 e. The van der Waals surface area contributed by atoms with Crippen molar-refractivity contribution in [1.29, 1.82) is 0 Å². The predicted octanol–water partition coefficient (Wildman–Crippen LogP) is 4.98. The van der Waals surface area contributed by atoms with Gasteiger partial charge in [-0.1, -0.05) is 31.9 Å². The van der Waals surface area contributed by atoms with Gasteiger partial charge in [-0.25, -0.2) is 0 Å². The van der Waals surface area contributed by atoms with Crippen LogP contribution in [0.3, 0.4) is 0 Å². The van der Waals surface area contributed by atoms with Crippen LogP contribution in [-0.4, -0.2) is 47.1 Å². The van der Waals surface area contributed by atoms with Gasteiger partial charge in [0.15, 0.2) is 5.11 Å². The van der Waals surface area contributed by atoms with Crippen LogP contribution in [0.5, 0.6) is 0 Å². The molecule has 2 atom stereocenters. The molecular weight excluding hydrogens is 338 g/mol. The summed E-state index contributed by atoms with van der Waals surface area (Å²) in [7, 11) is 2.36. The lowest BCUT2D eigenvalue weighted by Gasteiger charge is -2.44. The van der Waals surface area contributed by atoms with Gasteiger partial charge in [-0.15, -0.1) is 0 Å². The number of hydrogen-bond acceptors (Lipinski definition) is 2. The first-order valence-corrected chi connectivity index (χ1v) is 10.7. The predicted molar refractivity (Wildman–Crippen MR) is 116 cm³/mol. The zero-order valence-corrected chi connectivity index (χ0v) is 17.7. The molecule has 144 valence electrons. The molecule has 2 aliphatic rings. The van der Waals surface area contributed by atoms with Crippen LogP contribution in [0, 0.1) is 19.8 Å². The molecule has 0 bridgehead atoms. The summed E-state index contributed by atoms with van der Waals surface area (Å²) >= 11 is 5.71. The molecule has 0 unspecified atom stereocenters. The highest BCUT2D eigenvalue weighted by molar-refractivity contribution is 7.80. The van der Waals surface area contributed by atoms with Crippen LogP contribution in [-0.2, 0) is 0 Å². The first-order chi connectivity index (χ1) is 12.5. The Hall–Kier alpha value is -1.13. The van der Waals surface area contributed by atoms with Gasteiger partial charge in [0.2, 0.25) is 0 Å². The molecular formula is C22H35N3S. The summed E-state index contributed by atoms with van der Waals surface area (Å²) in [6, 6.07) is 7.98. The fraction of sp³-hybridized carbons (Fsp3) is 0.682. The van der Waals surface area contributed by atoms with Crippen LogP contribution >= 0.6 is 12.2 Å². The number of piperidine rings is 1. The number of aryl methyl sites for hydroxylation is 2. The highest BCUT2D eigenvalue weighted by atomic mass is 32.1. The minimum absolute atomic E-state index is 0.709. The van der Waals surface area contributed by atoms with Gasteiger partial charge in [0, 0.05) is 30.9 Å². The van der Waals surface area contributed by atoms with Crippen molar-refractivity contribution >= 4 is 23.0 Å². The molecule has 2 fully saturated rings. The first kappa shape index (κ1) is 19.6. The van der Waals surface area contributed by atoms with Crippen molar-refractivity contribution in [3.05, 3.63) is 29.3 Å². The molecule has 1 N–H and O–H groups in total. The number of likely N-dealkylation sites (tertiary alicyclic amines) is 1. The second-order valence-electron chi connectivity index (χ2n) is 8.46. The van der Waals surface area contributed by atoms with Crippen molar-refractivity contribution < 1.29 is 0 Å². The average molecular weight is 374 g/mol. The number of nitrogens with one attached hydrogen (secondary N) is 1. The van der Waals surface area contributed by atoms with Crippen molar-refractivity contribution in [2.24, 2.45) is 5.92 Å². The fourth-order valence-corrected chi connectivity index (χ4v) is 5.01. The van der Waals surface area contributed by atoms with Crippen molar-refractivity contribution in [3.63, 3.8) is 0 Å². The maximum Gasteiger partial charge on any atom is 0.173 e. The lowest BCUT2D eigenvalue weighted by atomic mass is 9.84. The van der Waals surface area contributed by atoms with Gasteiger partial charge in [-0.3, -0.25) is 0 Å². The zero-order valence-electron chi connectivity index (χ0n) is 16.9. The highest BCUT2D eigenvalue weighted by Gasteiger charge is 2.31. The van der Waals surface area contributed by atoms with Gasteiger partial charge in [0.25, 0.3) is 0 Å². The maximum atomic E-state index is 5.71. The Labute approximate surface area is 165 Å². The molecule has 26 heavy (non-hydrogen) atoms. The van der Waals surface area contributed by atoms with Crippen molar-refractivity contribution in [1.82, 2.24) is 9.80 Å². The molecule has 3 nitrogen and oxygen atoms in total. The van der Waals surface area contributed by atoms with E-state index in [2.05, 4.69) is 61.1 Å². The summed E-state index contributed by atoms with van der Waals surface area (Å²) in [5.74, 6) is 0.846. The van der Waals surface area contributed by atoms with E-state index in [0.29, 0.717) is 6.04 Å². The quantitative estimate of drug-likeness (QED) is 0.753. The monoisotopic (exact) mass is 373 g/mol. The van der Waals surface area contributed by atoms with E-state index in [4.69, 9.17) is 12.2 Å². The summed E-state index contributed by atoms with van der Waals surface area (Å²) in [5, 5.41) is 4.36. The molecule has 1 saturated carbocycles. The van der Waals surface area contributed by atoms with Crippen molar-refractivity contribution in [2.75, 3.05) is 25.5 Å². The van der Waals surface area contributed by atoms with Gasteiger partial charge >= 0.3 is 0 Å². The molecule has 0 radical (unpaired) electrons. The summed E-state index contributed by atoms with van der Waals surface area (Å²) < 4.78 is 0.